The highest BCUT2D eigenvalue weighted by molar-refractivity contribution is 5.86. The molecule has 0 spiro atoms. The lowest BCUT2D eigenvalue weighted by Crippen LogP contribution is -2.44. The Morgan fingerprint density at radius 1 is 1.47 bits per heavy atom. The minimum absolute atomic E-state index is 0.223. The number of likely N-dealkylation sites (tertiary alicyclic amines) is 1. The SMILES string of the molecule is CNC(=O)C(O)OC(=O)C1CCCN1C(C)=O. The molecule has 1 aliphatic rings. The van der Waals surface area contributed by atoms with Crippen molar-refractivity contribution in [1.82, 2.24) is 10.2 Å². The number of esters is 1. The molecule has 7 nitrogen and oxygen atoms in total. The van der Waals surface area contributed by atoms with Crippen molar-refractivity contribution < 1.29 is 24.2 Å². The molecule has 1 saturated heterocycles. The standard InChI is InChI=1S/C10H16N2O5/c1-6(13)12-5-3-4-7(12)9(15)17-10(16)8(14)11-2/h7,10,16H,3-5H2,1-2H3,(H,11,14). The zero-order valence-corrected chi connectivity index (χ0v) is 9.80. The molecule has 1 heterocycles. The van der Waals surface area contributed by atoms with Crippen LogP contribution in [0.1, 0.15) is 19.8 Å². The van der Waals surface area contributed by atoms with Gasteiger partial charge in [-0.15, -0.1) is 0 Å². The van der Waals surface area contributed by atoms with Gasteiger partial charge in [-0.05, 0) is 12.8 Å². The summed E-state index contributed by atoms with van der Waals surface area (Å²) in [6, 6.07) is -0.702. The van der Waals surface area contributed by atoms with Gasteiger partial charge in [0.25, 0.3) is 12.2 Å². The lowest BCUT2D eigenvalue weighted by Gasteiger charge is -2.22. The van der Waals surface area contributed by atoms with Crippen molar-refractivity contribution in [3.63, 3.8) is 0 Å². The van der Waals surface area contributed by atoms with Crippen molar-refractivity contribution in [2.45, 2.75) is 32.1 Å². The van der Waals surface area contributed by atoms with Crippen LogP contribution < -0.4 is 5.32 Å². The van der Waals surface area contributed by atoms with Gasteiger partial charge in [0.1, 0.15) is 6.04 Å². The summed E-state index contributed by atoms with van der Waals surface area (Å²) in [5.41, 5.74) is 0. The number of carbonyl (C=O) groups is 3. The first-order chi connectivity index (χ1) is 7.97. The topological polar surface area (TPSA) is 95.9 Å². The normalized spacial score (nSPS) is 20.9. The highest BCUT2D eigenvalue weighted by Gasteiger charge is 2.35. The fourth-order valence-corrected chi connectivity index (χ4v) is 1.75. The molecule has 2 N–H and O–H groups in total. The number of aliphatic hydroxyl groups excluding tert-OH is 1. The van der Waals surface area contributed by atoms with E-state index in [2.05, 4.69) is 10.1 Å². The molecule has 1 fully saturated rings. The maximum absolute atomic E-state index is 11.6. The number of nitrogens with one attached hydrogen (secondary N) is 1. The molecule has 0 radical (unpaired) electrons. The largest absolute Gasteiger partial charge is 0.424 e. The monoisotopic (exact) mass is 244 g/mol. The fourth-order valence-electron chi connectivity index (χ4n) is 1.75. The molecule has 0 saturated carbocycles. The maximum atomic E-state index is 11.6. The number of hydrogen-bond donors (Lipinski definition) is 2. The molecule has 17 heavy (non-hydrogen) atoms. The lowest BCUT2D eigenvalue weighted by molar-refractivity contribution is -0.180. The molecule has 0 aromatic rings. The molecular weight excluding hydrogens is 228 g/mol. The Hall–Kier alpha value is -1.63. The molecule has 0 aromatic heterocycles. The minimum Gasteiger partial charge on any atom is -0.424 e. The van der Waals surface area contributed by atoms with Crippen LogP contribution in [0.15, 0.2) is 0 Å². The Morgan fingerprint density at radius 2 is 2.12 bits per heavy atom. The van der Waals surface area contributed by atoms with Gasteiger partial charge in [-0.1, -0.05) is 0 Å². The van der Waals surface area contributed by atoms with Gasteiger partial charge in [0.2, 0.25) is 5.91 Å². The second kappa shape index (κ2) is 5.62. The van der Waals surface area contributed by atoms with E-state index >= 15 is 0 Å². The maximum Gasteiger partial charge on any atom is 0.331 e. The fraction of sp³-hybridized carbons (Fsp3) is 0.700. The third-order valence-electron chi connectivity index (χ3n) is 2.63. The first-order valence-electron chi connectivity index (χ1n) is 5.34. The van der Waals surface area contributed by atoms with Gasteiger partial charge in [-0.25, -0.2) is 4.79 Å². The van der Waals surface area contributed by atoms with Crippen molar-refractivity contribution in [1.29, 1.82) is 0 Å². The molecule has 2 unspecified atom stereocenters. The van der Waals surface area contributed by atoms with Crippen LogP contribution in [0.4, 0.5) is 0 Å². The summed E-state index contributed by atoms with van der Waals surface area (Å²) in [6.07, 6.45) is -0.643. The Bertz CT molecular complexity index is 331. The van der Waals surface area contributed by atoms with Crippen LogP contribution in [0.2, 0.25) is 0 Å². The van der Waals surface area contributed by atoms with Crippen LogP contribution in [0.5, 0.6) is 0 Å². The zero-order valence-electron chi connectivity index (χ0n) is 9.80. The van der Waals surface area contributed by atoms with Crippen LogP contribution in [0.3, 0.4) is 0 Å². The molecule has 2 atom stereocenters. The summed E-state index contributed by atoms with van der Waals surface area (Å²) >= 11 is 0. The molecule has 0 bridgehead atoms. The van der Waals surface area contributed by atoms with Crippen LogP contribution in [-0.2, 0) is 19.1 Å². The van der Waals surface area contributed by atoms with Gasteiger partial charge in [-0.3, -0.25) is 9.59 Å². The Kier molecular flexibility index (Phi) is 4.45. The van der Waals surface area contributed by atoms with Crippen LogP contribution in [0, 0.1) is 0 Å². The van der Waals surface area contributed by atoms with E-state index in [0.717, 1.165) is 0 Å². The van der Waals surface area contributed by atoms with E-state index in [-0.39, 0.29) is 5.91 Å². The van der Waals surface area contributed by atoms with E-state index < -0.39 is 24.2 Å². The number of hydrogen-bond acceptors (Lipinski definition) is 5. The van der Waals surface area contributed by atoms with Crippen molar-refractivity contribution >= 4 is 17.8 Å². The summed E-state index contributed by atoms with van der Waals surface area (Å²) in [5, 5.41) is 11.4. The first-order valence-corrected chi connectivity index (χ1v) is 5.34. The molecule has 96 valence electrons. The predicted octanol–water partition coefficient (Wildman–Crippen LogP) is -1.40. The highest BCUT2D eigenvalue weighted by Crippen LogP contribution is 2.18. The van der Waals surface area contributed by atoms with E-state index in [1.165, 1.54) is 18.9 Å². The number of likely N-dealkylation sites (N-methyl/N-ethyl adjacent to an activating group) is 1. The Labute approximate surface area is 98.7 Å². The van der Waals surface area contributed by atoms with Gasteiger partial charge >= 0.3 is 5.97 Å². The second-order valence-corrected chi connectivity index (χ2v) is 3.77. The van der Waals surface area contributed by atoms with Crippen LogP contribution in [0.25, 0.3) is 0 Å². The third-order valence-corrected chi connectivity index (χ3v) is 2.63. The molecule has 7 heteroatoms. The van der Waals surface area contributed by atoms with E-state index in [0.29, 0.717) is 19.4 Å². The lowest BCUT2D eigenvalue weighted by atomic mass is 10.2. The number of amides is 2. The summed E-state index contributed by atoms with van der Waals surface area (Å²) in [7, 11) is 1.32. The van der Waals surface area contributed by atoms with Crippen molar-refractivity contribution in [2.24, 2.45) is 0 Å². The smallest absolute Gasteiger partial charge is 0.331 e. The number of ether oxygens (including phenoxy) is 1. The van der Waals surface area contributed by atoms with Crippen LogP contribution in [-0.4, -0.2) is 53.7 Å². The predicted molar refractivity (Wildman–Crippen MR) is 56.6 cm³/mol. The van der Waals surface area contributed by atoms with Crippen molar-refractivity contribution in [3.8, 4) is 0 Å². The summed E-state index contributed by atoms with van der Waals surface area (Å²) < 4.78 is 4.58. The van der Waals surface area contributed by atoms with E-state index in [1.54, 1.807) is 0 Å². The summed E-state index contributed by atoms with van der Waals surface area (Å²) in [4.78, 5) is 35.2. The van der Waals surface area contributed by atoms with Gasteiger partial charge in [0.05, 0.1) is 0 Å². The summed E-state index contributed by atoms with van der Waals surface area (Å²) in [5.74, 6) is -1.78. The van der Waals surface area contributed by atoms with E-state index in [1.807, 2.05) is 0 Å². The van der Waals surface area contributed by atoms with Crippen molar-refractivity contribution in [2.75, 3.05) is 13.6 Å². The molecule has 1 aliphatic heterocycles. The van der Waals surface area contributed by atoms with E-state index in [9.17, 15) is 19.5 Å². The average Bonchev–Trinajstić information content (AvgIpc) is 2.76. The molecule has 0 aliphatic carbocycles. The van der Waals surface area contributed by atoms with Gasteiger partial charge in [-0.2, -0.15) is 0 Å². The van der Waals surface area contributed by atoms with Crippen LogP contribution >= 0.6 is 0 Å². The number of rotatable bonds is 3. The molecule has 1 rings (SSSR count). The van der Waals surface area contributed by atoms with Crippen molar-refractivity contribution in [3.05, 3.63) is 0 Å². The number of carbonyl (C=O) groups excluding carboxylic acids is 3. The van der Waals surface area contributed by atoms with Gasteiger partial charge in [0.15, 0.2) is 0 Å². The molecular formula is C10H16N2O5. The summed E-state index contributed by atoms with van der Waals surface area (Å²) in [6.45, 7) is 1.85. The average molecular weight is 244 g/mol. The molecule has 2 amide bonds. The Morgan fingerprint density at radius 3 is 2.65 bits per heavy atom. The van der Waals surface area contributed by atoms with Gasteiger partial charge in [0, 0.05) is 20.5 Å². The Balaban J connectivity index is 2.58. The van der Waals surface area contributed by atoms with E-state index in [4.69, 9.17) is 0 Å². The second-order valence-electron chi connectivity index (χ2n) is 3.77. The number of nitrogens with zero attached hydrogens (tertiary/aromatic N) is 1. The number of aliphatic hydroxyl groups is 1. The first kappa shape index (κ1) is 13.4. The highest BCUT2D eigenvalue weighted by atomic mass is 16.6. The van der Waals surface area contributed by atoms with Gasteiger partial charge < -0.3 is 20.1 Å². The minimum atomic E-state index is -1.83. The molecule has 0 aromatic carbocycles. The zero-order chi connectivity index (χ0) is 13.0. The quantitative estimate of drug-likeness (QED) is 0.470. The third kappa shape index (κ3) is 3.16.